The van der Waals surface area contributed by atoms with Crippen molar-refractivity contribution in [2.75, 3.05) is 0 Å². The van der Waals surface area contributed by atoms with E-state index >= 15 is 0 Å². The van der Waals surface area contributed by atoms with Gasteiger partial charge < -0.3 is 4.42 Å². The zero-order chi connectivity index (χ0) is 12.8. The van der Waals surface area contributed by atoms with Crippen molar-refractivity contribution in [2.24, 2.45) is 0 Å². The number of benzene rings is 1. The smallest absolute Gasteiger partial charge is 0.407 e. The van der Waals surface area contributed by atoms with Crippen LogP contribution >= 0.6 is 22.6 Å². The van der Waals surface area contributed by atoms with Crippen LogP contribution in [0.25, 0.3) is 11.1 Å². The van der Waals surface area contributed by atoms with Crippen molar-refractivity contribution in [2.45, 2.75) is 37.7 Å². The zero-order valence-electron chi connectivity index (χ0n) is 10.5. The maximum atomic E-state index is 11.7. The number of aromatic nitrogens is 1. The molecule has 0 fully saturated rings. The standard InChI is InChI=1S/C13H16INO2/c1-5-15-10-7-9(13(3,4)14)6-8(2)11(10)17-12(15)16/h6-7H,5H2,1-4H3. The molecule has 1 aromatic heterocycles. The molecule has 17 heavy (non-hydrogen) atoms. The van der Waals surface area contributed by atoms with E-state index < -0.39 is 0 Å². The average molecular weight is 345 g/mol. The molecule has 0 bridgehead atoms. The minimum Gasteiger partial charge on any atom is -0.407 e. The topological polar surface area (TPSA) is 35.1 Å². The third-order valence-electron chi connectivity index (χ3n) is 2.96. The summed E-state index contributed by atoms with van der Waals surface area (Å²) in [5.41, 5.74) is 3.84. The lowest BCUT2D eigenvalue weighted by molar-refractivity contribution is 0.512. The summed E-state index contributed by atoms with van der Waals surface area (Å²) >= 11 is 2.40. The van der Waals surface area contributed by atoms with E-state index in [4.69, 9.17) is 4.42 Å². The van der Waals surface area contributed by atoms with Crippen molar-refractivity contribution in [3.63, 3.8) is 0 Å². The lowest BCUT2D eigenvalue weighted by Crippen LogP contribution is -2.13. The first-order valence-electron chi connectivity index (χ1n) is 5.68. The highest BCUT2D eigenvalue weighted by atomic mass is 127. The molecule has 2 rings (SSSR count). The lowest BCUT2D eigenvalue weighted by Gasteiger charge is -2.17. The first-order valence-corrected chi connectivity index (χ1v) is 6.76. The summed E-state index contributed by atoms with van der Waals surface area (Å²) < 4.78 is 7.01. The van der Waals surface area contributed by atoms with Gasteiger partial charge in [-0.3, -0.25) is 4.57 Å². The van der Waals surface area contributed by atoms with Gasteiger partial charge in [0.2, 0.25) is 0 Å². The molecule has 0 saturated carbocycles. The van der Waals surface area contributed by atoms with Gasteiger partial charge in [-0.1, -0.05) is 28.7 Å². The van der Waals surface area contributed by atoms with Gasteiger partial charge in [-0.05, 0) is 44.9 Å². The molecule has 4 heteroatoms. The lowest BCUT2D eigenvalue weighted by atomic mass is 10.0. The number of fused-ring (bicyclic) bond motifs is 1. The molecule has 0 N–H and O–H groups in total. The summed E-state index contributed by atoms with van der Waals surface area (Å²) in [5, 5.41) is 0. The van der Waals surface area contributed by atoms with E-state index in [0.717, 1.165) is 11.1 Å². The number of rotatable bonds is 2. The maximum Gasteiger partial charge on any atom is 0.419 e. The first-order chi connectivity index (χ1) is 7.84. The summed E-state index contributed by atoms with van der Waals surface area (Å²) in [6.45, 7) is 8.88. The molecule has 0 atom stereocenters. The number of halogens is 1. The molecule has 0 aliphatic heterocycles. The third kappa shape index (κ3) is 2.14. The zero-order valence-corrected chi connectivity index (χ0v) is 12.7. The predicted molar refractivity (Wildman–Crippen MR) is 77.9 cm³/mol. The minimum absolute atomic E-state index is 0.0442. The number of nitrogens with zero attached hydrogens (tertiary/aromatic N) is 1. The van der Waals surface area contributed by atoms with Crippen LogP contribution in [0, 0.1) is 6.92 Å². The summed E-state index contributed by atoms with van der Waals surface area (Å²) in [7, 11) is 0. The number of hydrogen-bond donors (Lipinski definition) is 0. The minimum atomic E-state index is -0.269. The second-order valence-electron chi connectivity index (χ2n) is 4.73. The molecule has 0 unspecified atom stereocenters. The SMILES string of the molecule is CCn1c(=O)oc2c(C)cc(C(C)(C)I)cc21. The molecule has 1 heterocycles. The van der Waals surface area contributed by atoms with Gasteiger partial charge in [-0.25, -0.2) is 4.79 Å². The van der Waals surface area contributed by atoms with Gasteiger partial charge in [0.25, 0.3) is 0 Å². The van der Waals surface area contributed by atoms with E-state index in [0.29, 0.717) is 12.1 Å². The Balaban J connectivity index is 2.84. The van der Waals surface area contributed by atoms with Gasteiger partial charge >= 0.3 is 5.76 Å². The van der Waals surface area contributed by atoms with Gasteiger partial charge in [0, 0.05) is 9.97 Å². The summed E-state index contributed by atoms with van der Waals surface area (Å²) in [6, 6.07) is 4.15. The number of oxazole rings is 1. The maximum absolute atomic E-state index is 11.7. The fourth-order valence-electron chi connectivity index (χ4n) is 1.97. The fourth-order valence-corrected chi connectivity index (χ4v) is 2.28. The molecule has 0 amide bonds. The summed E-state index contributed by atoms with van der Waals surface area (Å²) in [6.07, 6.45) is 0. The van der Waals surface area contributed by atoms with Gasteiger partial charge in [0.05, 0.1) is 5.52 Å². The van der Waals surface area contributed by atoms with Gasteiger partial charge in [0.15, 0.2) is 5.58 Å². The van der Waals surface area contributed by atoms with Crippen molar-refractivity contribution in [1.29, 1.82) is 0 Å². The molecule has 3 nitrogen and oxygen atoms in total. The normalized spacial score (nSPS) is 12.3. The number of hydrogen-bond acceptors (Lipinski definition) is 2. The van der Waals surface area contributed by atoms with E-state index in [1.807, 2.05) is 13.8 Å². The van der Waals surface area contributed by atoms with Crippen LogP contribution in [0.2, 0.25) is 0 Å². The molecule has 0 radical (unpaired) electrons. The van der Waals surface area contributed by atoms with Gasteiger partial charge in [-0.2, -0.15) is 0 Å². The first kappa shape index (κ1) is 12.7. The van der Waals surface area contributed by atoms with Crippen LogP contribution in [0.3, 0.4) is 0 Å². The van der Waals surface area contributed by atoms with Crippen LogP contribution < -0.4 is 5.76 Å². The van der Waals surface area contributed by atoms with Crippen molar-refractivity contribution in [3.05, 3.63) is 33.8 Å². The summed E-state index contributed by atoms with van der Waals surface area (Å²) in [4.78, 5) is 11.7. The van der Waals surface area contributed by atoms with Crippen molar-refractivity contribution >= 4 is 33.7 Å². The second kappa shape index (κ2) is 4.15. The van der Waals surface area contributed by atoms with Crippen LogP contribution in [0.1, 0.15) is 31.9 Å². The van der Waals surface area contributed by atoms with E-state index in [2.05, 4.69) is 48.6 Å². The Morgan fingerprint density at radius 3 is 2.59 bits per heavy atom. The third-order valence-corrected chi connectivity index (χ3v) is 3.58. The highest BCUT2D eigenvalue weighted by molar-refractivity contribution is 14.1. The molecule has 2 aromatic rings. The average Bonchev–Trinajstić information content (AvgIpc) is 2.53. The molecule has 0 spiro atoms. The molecule has 0 aliphatic rings. The highest BCUT2D eigenvalue weighted by Gasteiger charge is 2.19. The van der Waals surface area contributed by atoms with Crippen molar-refractivity contribution in [1.82, 2.24) is 4.57 Å². The Labute approximate surface area is 114 Å². The Kier molecular flexibility index (Phi) is 3.10. The Morgan fingerprint density at radius 2 is 2.06 bits per heavy atom. The van der Waals surface area contributed by atoms with Crippen LogP contribution in [0.5, 0.6) is 0 Å². The Hall–Kier alpha value is -0.780. The Morgan fingerprint density at radius 1 is 1.41 bits per heavy atom. The largest absolute Gasteiger partial charge is 0.419 e. The molecular formula is C13H16INO2. The monoisotopic (exact) mass is 345 g/mol. The van der Waals surface area contributed by atoms with Crippen LogP contribution in [0.15, 0.2) is 21.3 Å². The van der Waals surface area contributed by atoms with E-state index in [1.54, 1.807) is 4.57 Å². The highest BCUT2D eigenvalue weighted by Crippen LogP contribution is 2.33. The number of alkyl halides is 1. The molecule has 0 aliphatic carbocycles. The quantitative estimate of drug-likeness (QED) is 0.616. The van der Waals surface area contributed by atoms with E-state index in [-0.39, 0.29) is 9.18 Å². The van der Waals surface area contributed by atoms with Crippen molar-refractivity contribution < 1.29 is 4.42 Å². The number of aryl methyl sites for hydroxylation is 2. The fraction of sp³-hybridized carbons (Fsp3) is 0.462. The van der Waals surface area contributed by atoms with Gasteiger partial charge in [-0.15, -0.1) is 0 Å². The predicted octanol–water partition coefficient (Wildman–Crippen LogP) is 3.59. The molecule has 0 saturated heterocycles. The second-order valence-corrected chi connectivity index (χ2v) is 7.42. The van der Waals surface area contributed by atoms with Crippen molar-refractivity contribution in [3.8, 4) is 0 Å². The molecule has 1 aromatic carbocycles. The molecular weight excluding hydrogens is 329 g/mol. The molecule has 92 valence electrons. The van der Waals surface area contributed by atoms with Crippen LogP contribution in [0.4, 0.5) is 0 Å². The van der Waals surface area contributed by atoms with E-state index in [9.17, 15) is 4.79 Å². The van der Waals surface area contributed by atoms with Gasteiger partial charge in [0.1, 0.15) is 0 Å². The van der Waals surface area contributed by atoms with E-state index in [1.165, 1.54) is 5.56 Å². The summed E-state index contributed by atoms with van der Waals surface area (Å²) in [5.74, 6) is -0.269. The Bertz CT molecular complexity index is 617. The van der Waals surface area contributed by atoms with Crippen LogP contribution in [-0.4, -0.2) is 4.57 Å². The van der Waals surface area contributed by atoms with Crippen LogP contribution in [-0.2, 0) is 9.97 Å².